The number of nitro groups is 2. The zero-order chi connectivity index (χ0) is 15.3. The lowest BCUT2D eigenvalue weighted by atomic mass is 10.2. The van der Waals surface area contributed by atoms with Gasteiger partial charge in [-0.05, 0) is 31.5 Å². The van der Waals surface area contributed by atoms with Crippen LogP contribution in [0.25, 0.3) is 0 Å². The third kappa shape index (κ3) is 3.87. The molecule has 1 rings (SSSR count). The summed E-state index contributed by atoms with van der Waals surface area (Å²) in [6, 6.07) is 5.36. The second kappa shape index (κ2) is 6.41. The van der Waals surface area contributed by atoms with Crippen LogP contribution in [0.4, 0.5) is 5.69 Å². The monoisotopic (exact) mass is 280 g/mol. The number of carbonyl (C=O) groups excluding carboxylic acids is 1. The second-order valence-corrected chi connectivity index (χ2v) is 4.11. The van der Waals surface area contributed by atoms with Gasteiger partial charge in [0.05, 0.1) is 9.85 Å². The normalized spacial score (nSPS) is 9.70. The van der Waals surface area contributed by atoms with Crippen LogP contribution in [-0.4, -0.2) is 15.8 Å². The first-order valence-corrected chi connectivity index (χ1v) is 5.55. The summed E-state index contributed by atoms with van der Waals surface area (Å²) in [5.41, 5.74) is 0.0476. The predicted octanol–water partition coefficient (Wildman–Crippen LogP) is 2.21. The van der Waals surface area contributed by atoms with E-state index < -0.39 is 21.5 Å². The SMILES string of the molecule is CC(C)=C(C(=O)OCc1ccc([N+](=O)[O-])cc1)[N+](=O)[O-]. The Balaban J connectivity index is 2.72. The minimum absolute atomic E-state index is 0.0876. The lowest BCUT2D eigenvalue weighted by Crippen LogP contribution is -2.16. The first kappa shape index (κ1) is 15.3. The number of benzene rings is 1. The van der Waals surface area contributed by atoms with Gasteiger partial charge in [0.15, 0.2) is 0 Å². The lowest BCUT2D eigenvalue weighted by Gasteiger charge is -2.04. The maximum Gasteiger partial charge on any atom is 0.410 e. The number of nitro benzene ring substituents is 1. The van der Waals surface area contributed by atoms with Gasteiger partial charge in [0.1, 0.15) is 6.61 Å². The fraction of sp³-hybridized carbons (Fsp3) is 0.250. The molecule has 0 radical (unpaired) electrons. The molecule has 8 nitrogen and oxygen atoms in total. The molecule has 1 aromatic carbocycles. The molecular formula is C12H12N2O6. The summed E-state index contributed by atoms with van der Waals surface area (Å²) in [6.07, 6.45) is 0. The van der Waals surface area contributed by atoms with Gasteiger partial charge in [-0.1, -0.05) is 0 Å². The van der Waals surface area contributed by atoms with Crippen molar-refractivity contribution in [3.8, 4) is 0 Å². The summed E-state index contributed by atoms with van der Waals surface area (Å²) in [7, 11) is 0. The Hall–Kier alpha value is -2.77. The van der Waals surface area contributed by atoms with Crippen LogP contribution >= 0.6 is 0 Å². The van der Waals surface area contributed by atoms with Crippen LogP contribution in [0.15, 0.2) is 35.5 Å². The molecule has 0 saturated carbocycles. The predicted molar refractivity (Wildman–Crippen MR) is 68.3 cm³/mol. The van der Waals surface area contributed by atoms with Crippen molar-refractivity contribution >= 4 is 11.7 Å². The Kier molecular flexibility index (Phi) is 4.90. The number of carbonyl (C=O) groups is 1. The fourth-order valence-corrected chi connectivity index (χ4v) is 1.39. The second-order valence-electron chi connectivity index (χ2n) is 4.11. The van der Waals surface area contributed by atoms with Gasteiger partial charge < -0.3 is 4.74 Å². The number of nitrogens with zero attached hydrogens (tertiary/aromatic N) is 2. The first-order valence-electron chi connectivity index (χ1n) is 5.55. The number of allylic oxidation sites excluding steroid dienone is 1. The maximum atomic E-state index is 11.5. The van der Waals surface area contributed by atoms with Crippen LogP contribution in [0.2, 0.25) is 0 Å². The van der Waals surface area contributed by atoms with Crippen molar-refractivity contribution in [3.63, 3.8) is 0 Å². The van der Waals surface area contributed by atoms with Gasteiger partial charge >= 0.3 is 11.7 Å². The molecule has 20 heavy (non-hydrogen) atoms. The average Bonchev–Trinajstić information content (AvgIpc) is 2.36. The van der Waals surface area contributed by atoms with Crippen LogP contribution in [0.5, 0.6) is 0 Å². The highest BCUT2D eigenvalue weighted by atomic mass is 16.6. The first-order chi connectivity index (χ1) is 9.32. The molecule has 0 saturated heterocycles. The molecule has 0 unspecified atom stereocenters. The molecule has 106 valence electrons. The van der Waals surface area contributed by atoms with E-state index in [0.717, 1.165) is 0 Å². The molecule has 0 aliphatic heterocycles. The van der Waals surface area contributed by atoms with E-state index in [9.17, 15) is 25.0 Å². The summed E-state index contributed by atoms with van der Waals surface area (Å²) in [6.45, 7) is 2.68. The van der Waals surface area contributed by atoms with E-state index in [0.29, 0.717) is 5.56 Å². The Morgan fingerprint density at radius 2 is 1.70 bits per heavy atom. The summed E-state index contributed by atoms with van der Waals surface area (Å²) in [5, 5.41) is 21.1. The molecule has 0 amide bonds. The van der Waals surface area contributed by atoms with Crippen molar-refractivity contribution in [2.24, 2.45) is 0 Å². The van der Waals surface area contributed by atoms with Crippen LogP contribution in [-0.2, 0) is 16.1 Å². The highest BCUT2D eigenvalue weighted by molar-refractivity contribution is 5.86. The summed E-state index contributed by atoms with van der Waals surface area (Å²) >= 11 is 0. The third-order valence-electron chi connectivity index (χ3n) is 2.37. The van der Waals surface area contributed by atoms with E-state index >= 15 is 0 Å². The van der Waals surface area contributed by atoms with Crippen molar-refractivity contribution in [1.82, 2.24) is 0 Å². The van der Waals surface area contributed by atoms with Gasteiger partial charge in [0.2, 0.25) is 0 Å². The molecule has 8 heteroatoms. The van der Waals surface area contributed by atoms with Gasteiger partial charge in [0, 0.05) is 17.7 Å². The topological polar surface area (TPSA) is 113 Å². The van der Waals surface area contributed by atoms with Crippen LogP contribution in [0, 0.1) is 20.2 Å². The quantitative estimate of drug-likeness (QED) is 0.353. The molecule has 0 aliphatic rings. The minimum Gasteiger partial charge on any atom is -0.453 e. The number of hydrogen-bond acceptors (Lipinski definition) is 6. The standard InChI is InChI=1S/C12H12N2O6/c1-8(2)11(14(18)19)12(15)20-7-9-3-5-10(6-4-9)13(16)17/h3-6H,7H2,1-2H3. The van der Waals surface area contributed by atoms with Gasteiger partial charge in [-0.15, -0.1) is 0 Å². The van der Waals surface area contributed by atoms with E-state index in [4.69, 9.17) is 4.74 Å². The fourth-order valence-electron chi connectivity index (χ4n) is 1.39. The number of rotatable bonds is 5. The van der Waals surface area contributed by atoms with E-state index in [-0.39, 0.29) is 17.9 Å². The highest BCUT2D eigenvalue weighted by Crippen LogP contribution is 2.14. The van der Waals surface area contributed by atoms with Crippen molar-refractivity contribution in [1.29, 1.82) is 0 Å². The Morgan fingerprint density at radius 3 is 2.10 bits per heavy atom. The summed E-state index contributed by atoms with van der Waals surface area (Å²) in [4.78, 5) is 31.3. The van der Waals surface area contributed by atoms with E-state index in [1.54, 1.807) is 0 Å². The Morgan fingerprint density at radius 1 is 1.15 bits per heavy atom. The molecule has 0 heterocycles. The highest BCUT2D eigenvalue weighted by Gasteiger charge is 2.25. The Labute approximate surface area is 114 Å². The lowest BCUT2D eigenvalue weighted by molar-refractivity contribution is -0.422. The van der Waals surface area contributed by atoms with Crippen molar-refractivity contribution in [2.45, 2.75) is 20.5 Å². The van der Waals surface area contributed by atoms with Crippen LogP contribution in [0.1, 0.15) is 19.4 Å². The van der Waals surface area contributed by atoms with Gasteiger partial charge in [-0.3, -0.25) is 20.2 Å². The summed E-state index contributed by atoms with van der Waals surface area (Å²) in [5.74, 6) is -1.03. The van der Waals surface area contributed by atoms with E-state index in [1.807, 2.05) is 0 Å². The van der Waals surface area contributed by atoms with E-state index in [1.165, 1.54) is 38.1 Å². The van der Waals surface area contributed by atoms with Gasteiger partial charge in [-0.25, -0.2) is 4.79 Å². The number of esters is 1. The Bertz CT molecular complexity index is 572. The van der Waals surface area contributed by atoms with Gasteiger partial charge in [-0.2, -0.15) is 0 Å². The maximum absolute atomic E-state index is 11.5. The molecule has 0 fully saturated rings. The smallest absolute Gasteiger partial charge is 0.410 e. The van der Waals surface area contributed by atoms with Crippen LogP contribution in [0.3, 0.4) is 0 Å². The third-order valence-corrected chi connectivity index (χ3v) is 2.37. The molecule has 0 aromatic heterocycles. The molecule has 0 aliphatic carbocycles. The number of ether oxygens (including phenoxy) is 1. The molecule has 1 aromatic rings. The number of non-ortho nitro benzene ring substituents is 1. The number of hydrogen-bond donors (Lipinski definition) is 0. The largest absolute Gasteiger partial charge is 0.453 e. The van der Waals surface area contributed by atoms with E-state index in [2.05, 4.69) is 0 Å². The molecule has 0 bridgehead atoms. The van der Waals surface area contributed by atoms with Crippen molar-refractivity contribution < 1.29 is 19.4 Å². The zero-order valence-electron chi connectivity index (χ0n) is 10.9. The molecule has 0 atom stereocenters. The minimum atomic E-state index is -1.03. The molecular weight excluding hydrogens is 268 g/mol. The van der Waals surface area contributed by atoms with Crippen molar-refractivity contribution in [2.75, 3.05) is 0 Å². The molecule has 0 N–H and O–H groups in total. The van der Waals surface area contributed by atoms with Crippen molar-refractivity contribution in [3.05, 3.63) is 61.3 Å². The molecule has 0 spiro atoms. The van der Waals surface area contributed by atoms with Gasteiger partial charge in [0.25, 0.3) is 5.69 Å². The zero-order valence-corrected chi connectivity index (χ0v) is 10.9. The summed E-state index contributed by atoms with van der Waals surface area (Å²) < 4.78 is 4.80. The average molecular weight is 280 g/mol. The van der Waals surface area contributed by atoms with Crippen LogP contribution < -0.4 is 0 Å².